The van der Waals surface area contributed by atoms with E-state index >= 15 is 0 Å². The monoisotopic (exact) mass is 213 g/mol. The lowest BCUT2D eigenvalue weighted by Gasteiger charge is -2.31. The van der Waals surface area contributed by atoms with E-state index in [-0.39, 0.29) is 17.4 Å². The van der Waals surface area contributed by atoms with Gasteiger partial charge in [-0.15, -0.1) is 0 Å². The Morgan fingerprint density at radius 2 is 1.93 bits per heavy atom. The van der Waals surface area contributed by atoms with Crippen LogP contribution in [0.4, 0.5) is 0 Å². The molecule has 1 atom stereocenters. The number of nitrogens with zero attached hydrogens (tertiary/aromatic N) is 1. The number of piperazine rings is 1. The second-order valence-electron chi connectivity index (χ2n) is 5.45. The number of nitrogens with one attached hydrogen (secondary N) is 1. The van der Waals surface area contributed by atoms with Crippen molar-refractivity contribution in [1.29, 1.82) is 0 Å². The van der Waals surface area contributed by atoms with Gasteiger partial charge in [0.1, 0.15) is 0 Å². The van der Waals surface area contributed by atoms with Crippen molar-refractivity contribution in [3.8, 4) is 0 Å². The van der Waals surface area contributed by atoms with Crippen LogP contribution in [-0.2, 0) is 4.79 Å². The van der Waals surface area contributed by atoms with E-state index in [4.69, 9.17) is 5.73 Å². The van der Waals surface area contributed by atoms with Gasteiger partial charge in [0.05, 0.1) is 6.04 Å². The van der Waals surface area contributed by atoms with Crippen LogP contribution < -0.4 is 11.1 Å². The Labute approximate surface area is 92.2 Å². The Kier molecular flexibility index (Phi) is 4.11. The Hall–Kier alpha value is -0.610. The SMILES string of the molecule is CC(C)(C)CC(N)C(=O)N1CCNCC1. The number of carbonyl (C=O) groups is 1. The minimum atomic E-state index is -0.344. The predicted molar refractivity (Wildman–Crippen MR) is 61.5 cm³/mol. The van der Waals surface area contributed by atoms with Crippen LogP contribution in [0.25, 0.3) is 0 Å². The van der Waals surface area contributed by atoms with Gasteiger partial charge in [-0.25, -0.2) is 0 Å². The van der Waals surface area contributed by atoms with Crippen molar-refractivity contribution in [3.05, 3.63) is 0 Å². The van der Waals surface area contributed by atoms with Crippen molar-refractivity contribution in [1.82, 2.24) is 10.2 Å². The molecule has 0 spiro atoms. The highest BCUT2D eigenvalue weighted by atomic mass is 16.2. The Balaban J connectivity index is 2.44. The molecule has 4 nitrogen and oxygen atoms in total. The molecule has 0 radical (unpaired) electrons. The second kappa shape index (κ2) is 4.94. The van der Waals surface area contributed by atoms with Crippen LogP contribution in [0.15, 0.2) is 0 Å². The van der Waals surface area contributed by atoms with E-state index in [0.717, 1.165) is 32.6 Å². The fraction of sp³-hybridized carbons (Fsp3) is 0.909. The maximum atomic E-state index is 11.9. The third kappa shape index (κ3) is 4.18. The molecule has 1 heterocycles. The number of hydrogen-bond donors (Lipinski definition) is 2. The number of amides is 1. The summed E-state index contributed by atoms with van der Waals surface area (Å²) >= 11 is 0. The van der Waals surface area contributed by atoms with E-state index in [1.807, 2.05) is 4.90 Å². The molecule has 1 amide bonds. The van der Waals surface area contributed by atoms with E-state index in [1.54, 1.807) is 0 Å². The molecule has 1 fully saturated rings. The van der Waals surface area contributed by atoms with Gasteiger partial charge in [0.25, 0.3) is 0 Å². The molecule has 0 aliphatic carbocycles. The zero-order chi connectivity index (χ0) is 11.5. The molecule has 1 unspecified atom stereocenters. The van der Waals surface area contributed by atoms with Crippen molar-refractivity contribution in [3.63, 3.8) is 0 Å². The van der Waals surface area contributed by atoms with E-state index in [0.29, 0.717) is 0 Å². The average Bonchev–Trinajstić information content (AvgIpc) is 2.15. The van der Waals surface area contributed by atoms with Crippen molar-refractivity contribution < 1.29 is 4.79 Å². The van der Waals surface area contributed by atoms with Gasteiger partial charge in [-0.3, -0.25) is 4.79 Å². The molecule has 0 aromatic heterocycles. The largest absolute Gasteiger partial charge is 0.339 e. The minimum Gasteiger partial charge on any atom is -0.339 e. The van der Waals surface area contributed by atoms with Crippen molar-refractivity contribution >= 4 is 5.91 Å². The summed E-state index contributed by atoms with van der Waals surface area (Å²) in [5, 5.41) is 3.22. The fourth-order valence-corrected chi connectivity index (χ4v) is 1.87. The van der Waals surface area contributed by atoms with E-state index in [9.17, 15) is 4.79 Å². The predicted octanol–water partition coefficient (Wildman–Crippen LogP) is 0.182. The summed E-state index contributed by atoms with van der Waals surface area (Å²) in [7, 11) is 0. The molecule has 0 aromatic carbocycles. The first-order valence-electron chi connectivity index (χ1n) is 5.65. The summed E-state index contributed by atoms with van der Waals surface area (Å²) in [6.45, 7) is 9.67. The quantitative estimate of drug-likeness (QED) is 0.688. The van der Waals surface area contributed by atoms with E-state index in [1.165, 1.54) is 0 Å². The molecular formula is C11H23N3O. The lowest BCUT2D eigenvalue weighted by atomic mass is 9.88. The summed E-state index contributed by atoms with van der Waals surface area (Å²) in [4.78, 5) is 13.8. The second-order valence-corrected chi connectivity index (χ2v) is 5.45. The van der Waals surface area contributed by atoms with Gasteiger partial charge in [-0.1, -0.05) is 20.8 Å². The molecular weight excluding hydrogens is 190 g/mol. The highest BCUT2D eigenvalue weighted by Gasteiger charge is 2.26. The molecule has 4 heteroatoms. The highest BCUT2D eigenvalue weighted by Crippen LogP contribution is 2.20. The summed E-state index contributed by atoms with van der Waals surface area (Å²) in [5.74, 6) is 0.103. The first-order valence-corrected chi connectivity index (χ1v) is 5.65. The minimum absolute atomic E-state index is 0.103. The molecule has 15 heavy (non-hydrogen) atoms. The Bertz CT molecular complexity index is 216. The van der Waals surface area contributed by atoms with Crippen LogP contribution >= 0.6 is 0 Å². The first-order chi connectivity index (χ1) is 6.90. The van der Waals surface area contributed by atoms with Gasteiger partial charge in [0.15, 0.2) is 0 Å². The number of nitrogens with two attached hydrogens (primary N) is 1. The Morgan fingerprint density at radius 3 is 2.40 bits per heavy atom. The first kappa shape index (κ1) is 12.5. The van der Waals surface area contributed by atoms with E-state index in [2.05, 4.69) is 26.1 Å². The molecule has 0 bridgehead atoms. The fourth-order valence-electron chi connectivity index (χ4n) is 1.87. The summed E-state index contributed by atoms with van der Waals surface area (Å²) < 4.78 is 0. The smallest absolute Gasteiger partial charge is 0.239 e. The molecule has 1 saturated heterocycles. The topological polar surface area (TPSA) is 58.4 Å². The van der Waals surface area contributed by atoms with Gasteiger partial charge in [-0.2, -0.15) is 0 Å². The zero-order valence-electron chi connectivity index (χ0n) is 10.0. The maximum Gasteiger partial charge on any atom is 0.239 e. The zero-order valence-corrected chi connectivity index (χ0v) is 10.0. The Morgan fingerprint density at radius 1 is 1.40 bits per heavy atom. The molecule has 1 aliphatic rings. The molecule has 0 aromatic rings. The molecule has 3 N–H and O–H groups in total. The lowest BCUT2D eigenvalue weighted by Crippen LogP contribution is -2.52. The van der Waals surface area contributed by atoms with E-state index < -0.39 is 0 Å². The molecule has 1 aliphatic heterocycles. The average molecular weight is 213 g/mol. The third-order valence-electron chi connectivity index (χ3n) is 2.58. The number of rotatable bonds is 2. The van der Waals surface area contributed by atoms with Gasteiger partial charge in [-0.05, 0) is 11.8 Å². The van der Waals surface area contributed by atoms with Crippen molar-refractivity contribution in [2.45, 2.75) is 33.2 Å². The van der Waals surface area contributed by atoms with Crippen LogP contribution in [0.5, 0.6) is 0 Å². The van der Waals surface area contributed by atoms with Gasteiger partial charge < -0.3 is 16.0 Å². The normalized spacial score (nSPS) is 20.1. The molecule has 1 rings (SSSR count). The van der Waals surface area contributed by atoms with Crippen LogP contribution in [-0.4, -0.2) is 43.0 Å². The highest BCUT2D eigenvalue weighted by molar-refractivity contribution is 5.81. The van der Waals surface area contributed by atoms with Crippen molar-refractivity contribution in [2.75, 3.05) is 26.2 Å². The van der Waals surface area contributed by atoms with Gasteiger partial charge in [0, 0.05) is 26.2 Å². The van der Waals surface area contributed by atoms with Crippen LogP contribution in [0.2, 0.25) is 0 Å². The lowest BCUT2D eigenvalue weighted by molar-refractivity contribution is -0.133. The number of carbonyl (C=O) groups excluding carboxylic acids is 1. The van der Waals surface area contributed by atoms with Crippen LogP contribution in [0.3, 0.4) is 0 Å². The summed E-state index contributed by atoms with van der Waals surface area (Å²) in [5.41, 5.74) is 6.04. The summed E-state index contributed by atoms with van der Waals surface area (Å²) in [6.07, 6.45) is 0.746. The maximum absolute atomic E-state index is 11.9. The van der Waals surface area contributed by atoms with Crippen LogP contribution in [0.1, 0.15) is 27.2 Å². The van der Waals surface area contributed by atoms with Crippen molar-refractivity contribution in [2.24, 2.45) is 11.1 Å². The van der Waals surface area contributed by atoms with Gasteiger partial charge in [0.2, 0.25) is 5.91 Å². The third-order valence-corrected chi connectivity index (χ3v) is 2.58. The molecule has 88 valence electrons. The standard InChI is InChI=1S/C11H23N3O/c1-11(2,3)8-9(12)10(15)14-6-4-13-5-7-14/h9,13H,4-8,12H2,1-3H3. The van der Waals surface area contributed by atoms with Crippen LogP contribution in [0, 0.1) is 5.41 Å². The molecule has 0 saturated carbocycles. The summed E-state index contributed by atoms with van der Waals surface area (Å²) in [6, 6.07) is -0.344. The number of hydrogen-bond acceptors (Lipinski definition) is 3. The van der Waals surface area contributed by atoms with Gasteiger partial charge >= 0.3 is 0 Å².